The molecule has 6 rings (SSSR count). The number of piperazine rings is 1. The number of amides is 2. The predicted molar refractivity (Wildman–Crippen MR) is 162 cm³/mol. The molecule has 1 saturated heterocycles. The molecule has 41 heavy (non-hydrogen) atoms. The highest BCUT2D eigenvalue weighted by Gasteiger charge is 2.24. The number of carbonyl (C=O) groups excluding carboxylic acids is 2. The van der Waals surface area contributed by atoms with Crippen LogP contribution in [0.25, 0.3) is 28.4 Å². The quantitative estimate of drug-likeness (QED) is 0.219. The van der Waals surface area contributed by atoms with E-state index in [0.717, 1.165) is 27.8 Å². The van der Waals surface area contributed by atoms with Crippen LogP contribution in [0.4, 0.5) is 11.4 Å². The standard InChI is InChI=1S/C33H28ClN3O4/c1-22-6-7-24(20-28(22)34)30-14-12-27(40-30)13-15-32(38)35-25-8-10-26(11-9-25)36-16-18-37(19-17-36)33(39)31-21-23-4-2-3-5-29(23)41-31/h2-15,20-21H,16-19H2,1H3,(H,35,38)/b15-13+. The van der Waals surface area contributed by atoms with Gasteiger partial charge in [-0.25, -0.2) is 0 Å². The van der Waals surface area contributed by atoms with Crippen molar-refractivity contribution in [2.24, 2.45) is 0 Å². The average molecular weight is 566 g/mol. The lowest BCUT2D eigenvalue weighted by Crippen LogP contribution is -2.48. The van der Waals surface area contributed by atoms with Crippen molar-refractivity contribution in [3.63, 3.8) is 0 Å². The molecule has 1 aliphatic heterocycles. The maximum absolute atomic E-state index is 13.0. The minimum Gasteiger partial charge on any atom is -0.457 e. The number of rotatable bonds is 6. The second-order valence-corrected chi connectivity index (χ2v) is 10.4. The molecular weight excluding hydrogens is 538 g/mol. The topological polar surface area (TPSA) is 78.9 Å². The molecule has 206 valence electrons. The first kappa shape index (κ1) is 26.5. The van der Waals surface area contributed by atoms with Gasteiger partial charge in [0.15, 0.2) is 5.76 Å². The fourth-order valence-corrected chi connectivity index (χ4v) is 5.03. The number of nitrogens with zero attached hydrogens (tertiary/aromatic N) is 2. The van der Waals surface area contributed by atoms with Gasteiger partial charge in [0, 0.05) is 59.6 Å². The Morgan fingerprint density at radius 3 is 2.41 bits per heavy atom. The summed E-state index contributed by atoms with van der Waals surface area (Å²) in [7, 11) is 0. The smallest absolute Gasteiger partial charge is 0.289 e. The lowest BCUT2D eigenvalue weighted by atomic mass is 10.1. The Labute approximate surface area is 242 Å². The van der Waals surface area contributed by atoms with Crippen molar-refractivity contribution in [1.82, 2.24) is 4.90 Å². The molecule has 3 heterocycles. The largest absolute Gasteiger partial charge is 0.457 e. The Kier molecular flexibility index (Phi) is 7.35. The van der Waals surface area contributed by atoms with E-state index in [4.69, 9.17) is 20.4 Å². The highest BCUT2D eigenvalue weighted by atomic mass is 35.5. The average Bonchev–Trinajstić information content (AvgIpc) is 3.65. The Morgan fingerprint density at radius 2 is 1.66 bits per heavy atom. The Hall–Kier alpha value is -4.75. The number of aryl methyl sites for hydroxylation is 1. The normalized spacial score (nSPS) is 13.7. The molecule has 0 saturated carbocycles. The van der Waals surface area contributed by atoms with Gasteiger partial charge >= 0.3 is 0 Å². The zero-order valence-electron chi connectivity index (χ0n) is 22.5. The van der Waals surface area contributed by atoms with Crippen molar-refractivity contribution < 1.29 is 18.4 Å². The molecule has 0 spiro atoms. The van der Waals surface area contributed by atoms with E-state index < -0.39 is 0 Å². The van der Waals surface area contributed by atoms with Crippen molar-refractivity contribution in [2.75, 3.05) is 36.4 Å². The number of halogens is 1. The number of carbonyl (C=O) groups is 2. The second kappa shape index (κ2) is 11.4. The van der Waals surface area contributed by atoms with Crippen LogP contribution in [0.2, 0.25) is 5.02 Å². The molecule has 0 atom stereocenters. The van der Waals surface area contributed by atoms with Gasteiger partial charge in [-0.1, -0.05) is 41.9 Å². The molecule has 8 heteroatoms. The number of fused-ring (bicyclic) bond motifs is 1. The predicted octanol–water partition coefficient (Wildman–Crippen LogP) is 7.27. The van der Waals surface area contributed by atoms with Gasteiger partial charge in [-0.15, -0.1) is 0 Å². The highest BCUT2D eigenvalue weighted by molar-refractivity contribution is 6.31. The van der Waals surface area contributed by atoms with Crippen LogP contribution in [-0.2, 0) is 4.79 Å². The summed E-state index contributed by atoms with van der Waals surface area (Å²) in [5, 5.41) is 4.48. The zero-order valence-corrected chi connectivity index (χ0v) is 23.2. The molecule has 1 aliphatic rings. The molecular formula is C33H28ClN3O4. The fraction of sp³-hybridized carbons (Fsp3) is 0.152. The number of nitrogens with one attached hydrogen (secondary N) is 1. The van der Waals surface area contributed by atoms with Gasteiger partial charge in [0.25, 0.3) is 5.91 Å². The number of anilines is 2. The monoisotopic (exact) mass is 565 g/mol. The number of hydrogen-bond acceptors (Lipinski definition) is 5. The van der Waals surface area contributed by atoms with Gasteiger partial charge in [0.1, 0.15) is 17.1 Å². The summed E-state index contributed by atoms with van der Waals surface area (Å²) in [5.41, 5.74) is 4.33. The summed E-state index contributed by atoms with van der Waals surface area (Å²) in [6, 6.07) is 26.6. The molecule has 1 N–H and O–H groups in total. The maximum atomic E-state index is 13.0. The van der Waals surface area contributed by atoms with Crippen molar-refractivity contribution in [3.8, 4) is 11.3 Å². The molecule has 1 fully saturated rings. The third-order valence-corrected chi connectivity index (χ3v) is 7.59. The first-order chi connectivity index (χ1) is 19.9. The van der Waals surface area contributed by atoms with Crippen LogP contribution in [0, 0.1) is 6.92 Å². The van der Waals surface area contributed by atoms with Crippen LogP contribution in [0.15, 0.2) is 99.8 Å². The molecule has 0 radical (unpaired) electrons. The molecule has 3 aromatic carbocycles. The summed E-state index contributed by atoms with van der Waals surface area (Å²) in [5.74, 6) is 1.28. The van der Waals surface area contributed by atoms with E-state index >= 15 is 0 Å². The van der Waals surface area contributed by atoms with E-state index in [1.807, 2.05) is 90.7 Å². The van der Waals surface area contributed by atoms with Gasteiger partial charge in [0.2, 0.25) is 5.91 Å². The van der Waals surface area contributed by atoms with Crippen molar-refractivity contribution in [1.29, 1.82) is 0 Å². The van der Waals surface area contributed by atoms with E-state index in [2.05, 4.69) is 10.2 Å². The highest BCUT2D eigenvalue weighted by Crippen LogP contribution is 2.27. The molecule has 0 unspecified atom stereocenters. The van der Waals surface area contributed by atoms with Crippen LogP contribution in [0.3, 0.4) is 0 Å². The van der Waals surface area contributed by atoms with Crippen molar-refractivity contribution in [2.45, 2.75) is 6.92 Å². The van der Waals surface area contributed by atoms with Crippen LogP contribution in [0.5, 0.6) is 0 Å². The summed E-state index contributed by atoms with van der Waals surface area (Å²) in [4.78, 5) is 29.5. The van der Waals surface area contributed by atoms with Crippen molar-refractivity contribution in [3.05, 3.63) is 113 Å². The van der Waals surface area contributed by atoms with E-state index in [1.54, 1.807) is 12.1 Å². The lowest BCUT2D eigenvalue weighted by Gasteiger charge is -2.35. The third-order valence-electron chi connectivity index (χ3n) is 7.19. The number of para-hydroxylation sites is 1. The van der Waals surface area contributed by atoms with E-state index in [0.29, 0.717) is 54.2 Å². The third kappa shape index (κ3) is 5.90. The molecule has 5 aromatic rings. The number of benzene rings is 3. The van der Waals surface area contributed by atoms with Gasteiger partial charge in [-0.05, 0) is 73.2 Å². The second-order valence-electron chi connectivity index (χ2n) is 9.96. The van der Waals surface area contributed by atoms with Gasteiger partial charge in [-0.2, -0.15) is 0 Å². The summed E-state index contributed by atoms with van der Waals surface area (Å²) < 4.78 is 11.6. The SMILES string of the molecule is Cc1ccc(-c2ccc(/C=C/C(=O)Nc3ccc(N4CCN(C(=O)c5cc6ccccc6o5)CC4)cc3)o2)cc1Cl. The molecule has 7 nitrogen and oxygen atoms in total. The minimum absolute atomic E-state index is 0.0858. The van der Waals surface area contributed by atoms with E-state index in [-0.39, 0.29) is 11.8 Å². The summed E-state index contributed by atoms with van der Waals surface area (Å²) in [6.07, 6.45) is 3.08. The Morgan fingerprint density at radius 1 is 0.878 bits per heavy atom. The van der Waals surface area contributed by atoms with Crippen molar-refractivity contribution >= 4 is 51.8 Å². The number of furan rings is 2. The molecule has 2 aromatic heterocycles. The van der Waals surface area contributed by atoms with Gasteiger partial charge in [0.05, 0.1) is 0 Å². The van der Waals surface area contributed by atoms with E-state index in [9.17, 15) is 9.59 Å². The minimum atomic E-state index is -0.258. The first-order valence-electron chi connectivity index (χ1n) is 13.4. The Bertz CT molecular complexity index is 1710. The molecule has 0 aliphatic carbocycles. The zero-order chi connectivity index (χ0) is 28.3. The van der Waals surface area contributed by atoms with Gasteiger partial charge in [-0.3, -0.25) is 9.59 Å². The van der Waals surface area contributed by atoms with Crippen LogP contribution in [-0.4, -0.2) is 42.9 Å². The Balaban J connectivity index is 1.01. The first-order valence-corrected chi connectivity index (χ1v) is 13.8. The van der Waals surface area contributed by atoms with Gasteiger partial charge < -0.3 is 24.0 Å². The van der Waals surface area contributed by atoms with E-state index in [1.165, 1.54) is 6.08 Å². The molecule has 2 amide bonds. The van der Waals surface area contributed by atoms with Crippen LogP contribution >= 0.6 is 11.6 Å². The fourth-order valence-electron chi connectivity index (χ4n) is 4.85. The lowest BCUT2D eigenvalue weighted by molar-refractivity contribution is -0.111. The summed E-state index contributed by atoms with van der Waals surface area (Å²) in [6.45, 7) is 4.57. The number of hydrogen-bond donors (Lipinski definition) is 1. The van der Waals surface area contributed by atoms with Crippen LogP contribution < -0.4 is 10.2 Å². The summed E-state index contributed by atoms with van der Waals surface area (Å²) >= 11 is 6.23. The maximum Gasteiger partial charge on any atom is 0.289 e. The molecule has 0 bridgehead atoms. The van der Waals surface area contributed by atoms with Crippen LogP contribution in [0.1, 0.15) is 21.9 Å².